The summed E-state index contributed by atoms with van der Waals surface area (Å²) < 4.78 is 0. The number of hydrogen-bond donors (Lipinski definition) is 1. The van der Waals surface area contributed by atoms with E-state index in [2.05, 4.69) is 17.4 Å². The molecule has 1 heterocycles. The number of nitrogens with zero attached hydrogens (tertiary/aromatic N) is 1. The number of fused-ring (bicyclic) bond motifs is 1. The molecule has 0 spiro atoms. The van der Waals surface area contributed by atoms with Crippen molar-refractivity contribution in [3.63, 3.8) is 0 Å². The van der Waals surface area contributed by atoms with Crippen LogP contribution in [0.15, 0.2) is 140 Å². The Bertz CT molecular complexity index is 1740. The first-order chi connectivity index (χ1) is 20.8. The molecule has 5 aromatic rings. The molecule has 1 aliphatic heterocycles. The van der Waals surface area contributed by atoms with E-state index in [4.69, 9.17) is 0 Å². The minimum atomic E-state index is -0.872. The van der Waals surface area contributed by atoms with Gasteiger partial charge in [0, 0.05) is 16.7 Å². The quantitative estimate of drug-likeness (QED) is 0.212. The molecule has 1 aliphatic rings. The summed E-state index contributed by atoms with van der Waals surface area (Å²) in [6, 6.07) is 45.0. The van der Waals surface area contributed by atoms with Crippen molar-refractivity contribution in [1.29, 1.82) is 0 Å². The third kappa shape index (κ3) is 5.64. The Morgan fingerprint density at radius 2 is 1.12 bits per heavy atom. The van der Waals surface area contributed by atoms with E-state index in [9.17, 15) is 9.59 Å². The normalized spacial score (nSPS) is 13.4. The van der Waals surface area contributed by atoms with Crippen LogP contribution in [0.25, 0.3) is 22.3 Å². The lowest BCUT2D eigenvalue weighted by atomic mass is 9.90. The van der Waals surface area contributed by atoms with Crippen LogP contribution in [0.4, 0.5) is 5.69 Å². The lowest BCUT2D eigenvalue weighted by Crippen LogP contribution is -2.48. The van der Waals surface area contributed by atoms with E-state index >= 15 is 0 Å². The molecule has 4 heteroatoms. The summed E-state index contributed by atoms with van der Waals surface area (Å²) in [5.41, 5.74) is 7.23. The van der Waals surface area contributed by atoms with Crippen LogP contribution in [0.3, 0.4) is 0 Å². The van der Waals surface area contributed by atoms with Gasteiger partial charge in [-0.15, -0.1) is 0 Å². The average molecular weight is 563 g/mol. The summed E-state index contributed by atoms with van der Waals surface area (Å²) in [5.74, 6) is -0.435. The van der Waals surface area contributed by atoms with Gasteiger partial charge in [0.25, 0.3) is 5.91 Å². The highest BCUT2D eigenvalue weighted by molar-refractivity contribution is 6.39. The molecular weight excluding hydrogens is 528 g/mol. The monoisotopic (exact) mass is 562 g/mol. The third-order valence-electron chi connectivity index (χ3n) is 7.58. The minimum absolute atomic E-state index is 0.204. The molecule has 1 N–H and O–H groups in total. The van der Waals surface area contributed by atoms with Crippen molar-refractivity contribution in [2.45, 2.75) is 32.4 Å². The number of carbonyl (C=O) groups excluding carboxylic acids is 2. The molecule has 1 unspecified atom stereocenters. The third-order valence-corrected chi connectivity index (χ3v) is 7.58. The van der Waals surface area contributed by atoms with Gasteiger partial charge >= 0.3 is 0 Å². The van der Waals surface area contributed by atoms with Crippen molar-refractivity contribution in [3.8, 4) is 11.1 Å². The fourth-order valence-corrected chi connectivity index (χ4v) is 5.75. The second kappa shape index (κ2) is 11.6. The maximum Gasteiger partial charge on any atom is 0.260 e. The summed E-state index contributed by atoms with van der Waals surface area (Å²) in [5, 5.41) is 3.15. The Hall–Kier alpha value is -5.22. The highest BCUT2D eigenvalue weighted by atomic mass is 16.2. The van der Waals surface area contributed by atoms with Crippen molar-refractivity contribution in [2.24, 2.45) is 0 Å². The van der Waals surface area contributed by atoms with Crippen LogP contribution in [0.5, 0.6) is 0 Å². The van der Waals surface area contributed by atoms with Crippen molar-refractivity contribution >= 4 is 28.6 Å². The second-order valence-electron chi connectivity index (χ2n) is 11.8. The molecule has 0 aromatic heterocycles. The number of hydrogen-bond acceptors (Lipinski definition) is 2. The van der Waals surface area contributed by atoms with Crippen molar-refractivity contribution in [1.82, 2.24) is 5.32 Å². The maximum absolute atomic E-state index is 14.8. The first-order valence-corrected chi connectivity index (χ1v) is 14.6. The maximum atomic E-state index is 14.8. The summed E-state index contributed by atoms with van der Waals surface area (Å²) >= 11 is 0. The summed E-state index contributed by atoms with van der Waals surface area (Å²) in [4.78, 5) is 30.6. The lowest BCUT2D eigenvalue weighted by Gasteiger charge is -2.31. The highest BCUT2D eigenvalue weighted by Crippen LogP contribution is 2.46. The smallest absolute Gasteiger partial charge is 0.260 e. The molecule has 0 aliphatic carbocycles. The van der Waals surface area contributed by atoms with Gasteiger partial charge in [-0.2, -0.15) is 0 Å². The van der Waals surface area contributed by atoms with Crippen LogP contribution >= 0.6 is 0 Å². The van der Waals surface area contributed by atoms with Crippen molar-refractivity contribution in [3.05, 3.63) is 162 Å². The first kappa shape index (κ1) is 27.9. The van der Waals surface area contributed by atoms with Gasteiger partial charge in [-0.3, -0.25) is 14.5 Å². The van der Waals surface area contributed by atoms with Gasteiger partial charge in [-0.1, -0.05) is 133 Å². The molecule has 212 valence electrons. The molecule has 0 bridgehead atoms. The van der Waals surface area contributed by atoms with E-state index in [0.717, 1.165) is 39.0 Å². The molecule has 0 fully saturated rings. The van der Waals surface area contributed by atoms with Crippen LogP contribution in [-0.2, 0) is 9.59 Å². The predicted octanol–water partition coefficient (Wildman–Crippen LogP) is 8.32. The number of carbonyl (C=O) groups is 2. The molecule has 5 aromatic carbocycles. The van der Waals surface area contributed by atoms with Gasteiger partial charge in [-0.25, -0.2) is 0 Å². The number of amides is 2. The average Bonchev–Trinajstić information content (AvgIpc) is 3.30. The molecule has 1 atom stereocenters. The number of para-hydroxylation sites is 1. The first-order valence-electron chi connectivity index (χ1n) is 14.6. The Morgan fingerprint density at radius 3 is 1.67 bits per heavy atom. The molecule has 2 amide bonds. The number of rotatable bonds is 6. The van der Waals surface area contributed by atoms with Gasteiger partial charge in [0.15, 0.2) is 0 Å². The van der Waals surface area contributed by atoms with Crippen molar-refractivity contribution in [2.75, 3.05) is 4.90 Å². The molecule has 0 saturated heterocycles. The van der Waals surface area contributed by atoms with E-state index in [1.807, 2.05) is 148 Å². The van der Waals surface area contributed by atoms with E-state index in [1.165, 1.54) is 0 Å². The topological polar surface area (TPSA) is 49.4 Å². The van der Waals surface area contributed by atoms with E-state index < -0.39 is 11.6 Å². The Kier molecular flexibility index (Phi) is 7.52. The second-order valence-corrected chi connectivity index (χ2v) is 11.8. The summed E-state index contributed by atoms with van der Waals surface area (Å²) in [6.07, 6.45) is 0. The van der Waals surface area contributed by atoms with Crippen molar-refractivity contribution < 1.29 is 9.59 Å². The Morgan fingerprint density at radius 1 is 0.628 bits per heavy atom. The molecule has 0 saturated carbocycles. The van der Waals surface area contributed by atoms with Gasteiger partial charge in [0.05, 0.1) is 11.3 Å². The minimum Gasteiger partial charge on any atom is -0.349 e. The molecule has 0 radical (unpaired) electrons. The highest BCUT2D eigenvalue weighted by Gasteiger charge is 2.43. The van der Waals surface area contributed by atoms with Crippen LogP contribution in [-0.4, -0.2) is 17.4 Å². The predicted molar refractivity (Wildman–Crippen MR) is 175 cm³/mol. The SMILES string of the molecule is CC(C)(C)NC(=O)C(c1ccc(-c2ccccc2)cc1)N1C(=O)C(=C(c2ccccc2)c2ccccc2)c2ccccc21. The van der Waals surface area contributed by atoms with Crippen LogP contribution in [0.2, 0.25) is 0 Å². The molecule has 4 nitrogen and oxygen atoms in total. The number of nitrogens with one attached hydrogen (secondary N) is 1. The lowest BCUT2D eigenvalue weighted by molar-refractivity contribution is -0.126. The largest absolute Gasteiger partial charge is 0.349 e. The van der Waals surface area contributed by atoms with Gasteiger partial charge in [0.1, 0.15) is 6.04 Å². The zero-order valence-corrected chi connectivity index (χ0v) is 24.6. The van der Waals surface area contributed by atoms with Gasteiger partial charge < -0.3 is 5.32 Å². The van der Waals surface area contributed by atoms with Gasteiger partial charge in [0.2, 0.25) is 5.91 Å². The zero-order valence-electron chi connectivity index (χ0n) is 24.6. The van der Waals surface area contributed by atoms with Gasteiger partial charge in [-0.05, 0) is 54.7 Å². The molecule has 6 rings (SSSR count). The summed E-state index contributed by atoms with van der Waals surface area (Å²) in [7, 11) is 0. The Labute approximate surface area is 253 Å². The standard InChI is InChI=1S/C39H34N2O2/c1-39(2,3)40-37(42)36(31-25-23-28(24-26-31)27-15-7-4-8-16-27)41-33-22-14-13-21-32(33)35(38(41)43)34(29-17-9-5-10-18-29)30-19-11-6-12-20-30/h4-26,36H,1-3H3,(H,40,42). The fraction of sp³-hybridized carbons (Fsp3) is 0.128. The van der Waals surface area contributed by atoms with Crippen LogP contribution in [0, 0.1) is 0 Å². The zero-order chi connectivity index (χ0) is 30.0. The number of anilines is 1. The van der Waals surface area contributed by atoms with E-state index in [-0.39, 0.29) is 11.8 Å². The van der Waals surface area contributed by atoms with Crippen LogP contribution in [0.1, 0.15) is 49.1 Å². The van der Waals surface area contributed by atoms with E-state index in [1.54, 1.807) is 4.90 Å². The molecule has 43 heavy (non-hydrogen) atoms. The van der Waals surface area contributed by atoms with Crippen LogP contribution < -0.4 is 10.2 Å². The molecular formula is C39H34N2O2. The summed E-state index contributed by atoms with van der Waals surface area (Å²) in [6.45, 7) is 5.86. The Balaban J connectivity index is 1.54. The number of benzene rings is 5. The van der Waals surface area contributed by atoms with E-state index in [0.29, 0.717) is 11.3 Å². The fourth-order valence-electron chi connectivity index (χ4n) is 5.75.